The molecule has 0 atom stereocenters. The number of methoxy groups -OCH3 is 1. The molecule has 0 aliphatic rings. The molecule has 1 heterocycles. The number of aromatic nitrogens is 2. The molecular weight excluding hydrogens is 314 g/mol. The van der Waals surface area contributed by atoms with Crippen molar-refractivity contribution in [3.05, 3.63) is 71.5 Å². The first-order valence-corrected chi connectivity index (χ1v) is 8.13. The zero-order chi connectivity index (χ0) is 17.8. The molecule has 25 heavy (non-hydrogen) atoms. The minimum Gasteiger partial charge on any atom is -0.496 e. The van der Waals surface area contributed by atoms with Gasteiger partial charge in [-0.2, -0.15) is 5.10 Å². The number of carbonyl (C=O) groups is 1. The summed E-state index contributed by atoms with van der Waals surface area (Å²) in [6.07, 6.45) is 0.246. The Hall–Kier alpha value is -3.08. The van der Waals surface area contributed by atoms with Gasteiger partial charge in [-0.1, -0.05) is 30.3 Å². The Morgan fingerprint density at radius 1 is 1.12 bits per heavy atom. The van der Waals surface area contributed by atoms with E-state index < -0.39 is 0 Å². The van der Waals surface area contributed by atoms with Gasteiger partial charge in [-0.25, -0.2) is 4.68 Å². The summed E-state index contributed by atoms with van der Waals surface area (Å²) < 4.78 is 7.16. The Morgan fingerprint density at radius 3 is 2.56 bits per heavy atom. The van der Waals surface area contributed by atoms with Gasteiger partial charge < -0.3 is 10.1 Å². The van der Waals surface area contributed by atoms with E-state index in [1.807, 2.05) is 73.1 Å². The molecule has 5 nitrogen and oxygen atoms in total. The highest BCUT2D eigenvalue weighted by Crippen LogP contribution is 2.23. The van der Waals surface area contributed by atoms with Crippen LogP contribution in [0.1, 0.15) is 17.0 Å². The second kappa shape index (κ2) is 7.21. The Balaban J connectivity index is 1.84. The van der Waals surface area contributed by atoms with E-state index in [-0.39, 0.29) is 12.3 Å². The van der Waals surface area contributed by atoms with Crippen molar-refractivity contribution in [3.8, 4) is 11.4 Å². The van der Waals surface area contributed by atoms with E-state index in [9.17, 15) is 4.79 Å². The van der Waals surface area contributed by atoms with Crippen molar-refractivity contribution in [1.29, 1.82) is 0 Å². The van der Waals surface area contributed by atoms with Gasteiger partial charge in [0.05, 0.1) is 30.6 Å². The second-order valence-corrected chi connectivity index (χ2v) is 5.89. The molecule has 3 rings (SSSR count). The molecular formula is C20H21N3O2. The average Bonchev–Trinajstić information content (AvgIpc) is 2.94. The molecule has 5 heteroatoms. The second-order valence-electron chi connectivity index (χ2n) is 5.89. The van der Waals surface area contributed by atoms with Gasteiger partial charge in [0, 0.05) is 11.3 Å². The molecule has 0 aliphatic heterocycles. The maximum atomic E-state index is 12.5. The highest BCUT2D eigenvalue weighted by Gasteiger charge is 2.13. The first kappa shape index (κ1) is 16.8. The van der Waals surface area contributed by atoms with Crippen molar-refractivity contribution in [2.24, 2.45) is 0 Å². The molecule has 0 aliphatic carbocycles. The van der Waals surface area contributed by atoms with Crippen molar-refractivity contribution in [2.75, 3.05) is 12.4 Å². The smallest absolute Gasteiger partial charge is 0.228 e. The van der Waals surface area contributed by atoms with E-state index >= 15 is 0 Å². The number of hydrogen-bond acceptors (Lipinski definition) is 3. The van der Waals surface area contributed by atoms with Crippen LogP contribution in [-0.4, -0.2) is 22.8 Å². The number of rotatable bonds is 5. The van der Waals surface area contributed by atoms with E-state index in [0.717, 1.165) is 28.3 Å². The van der Waals surface area contributed by atoms with E-state index in [2.05, 4.69) is 10.4 Å². The number of benzene rings is 2. The average molecular weight is 335 g/mol. The van der Waals surface area contributed by atoms with E-state index in [1.165, 1.54) is 0 Å². The first-order valence-electron chi connectivity index (χ1n) is 8.13. The molecule has 0 fully saturated rings. The van der Waals surface area contributed by atoms with E-state index in [4.69, 9.17) is 4.74 Å². The lowest BCUT2D eigenvalue weighted by atomic mass is 10.1. The fourth-order valence-electron chi connectivity index (χ4n) is 2.85. The summed E-state index contributed by atoms with van der Waals surface area (Å²) in [7, 11) is 1.61. The summed E-state index contributed by atoms with van der Waals surface area (Å²) in [5, 5.41) is 7.50. The van der Waals surface area contributed by atoms with Crippen LogP contribution in [0, 0.1) is 13.8 Å². The van der Waals surface area contributed by atoms with Crippen LogP contribution >= 0.6 is 0 Å². The number of anilines is 1. The van der Waals surface area contributed by atoms with Crippen molar-refractivity contribution < 1.29 is 9.53 Å². The number of amides is 1. The lowest BCUT2D eigenvalue weighted by Crippen LogP contribution is -2.17. The third kappa shape index (κ3) is 3.71. The predicted octanol–water partition coefficient (Wildman–Crippen LogP) is 3.68. The van der Waals surface area contributed by atoms with Crippen LogP contribution in [0.15, 0.2) is 54.6 Å². The summed E-state index contributed by atoms with van der Waals surface area (Å²) in [6, 6.07) is 17.2. The Bertz CT molecular complexity index is 899. The molecule has 0 unspecified atom stereocenters. The fraction of sp³-hybridized carbons (Fsp3) is 0.200. The summed E-state index contributed by atoms with van der Waals surface area (Å²) in [5.74, 6) is 0.614. The van der Waals surface area contributed by atoms with Crippen LogP contribution in [0.25, 0.3) is 5.69 Å². The van der Waals surface area contributed by atoms with Crippen LogP contribution in [0.5, 0.6) is 5.75 Å². The lowest BCUT2D eigenvalue weighted by molar-refractivity contribution is -0.115. The number of nitrogens with one attached hydrogen (secondary N) is 1. The van der Waals surface area contributed by atoms with Crippen molar-refractivity contribution >= 4 is 11.6 Å². The number of carbonyl (C=O) groups excluding carboxylic acids is 1. The molecule has 1 aromatic heterocycles. The molecule has 0 radical (unpaired) electrons. The third-order valence-electron chi connectivity index (χ3n) is 3.96. The predicted molar refractivity (Wildman–Crippen MR) is 98.4 cm³/mol. The Labute approximate surface area is 147 Å². The molecule has 2 aromatic carbocycles. The van der Waals surface area contributed by atoms with Gasteiger partial charge >= 0.3 is 0 Å². The van der Waals surface area contributed by atoms with Gasteiger partial charge in [0.15, 0.2) is 0 Å². The minimum absolute atomic E-state index is 0.0986. The van der Waals surface area contributed by atoms with Crippen LogP contribution in [0.2, 0.25) is 0 Å². The number of para-hydroxylation sites is 3. The zero-order valence-electron chi connectivity index (χ0n) is 14.6. The van der Waals surface area contributed by atoms with Gasteiger partial charge in [-0.3, -0.25) is 4.79 Å². The number of hydrogen-bond donors (Lipinski definition) is 1. The molecule has 0 saturated carbocycles. The molecule has 128 valence electrons. The minimum atomic E-state index is -0.0986. The Kier molecular flexibility index (Phi) is 4.84. The largest absolute Gasteiger partial charge is 0.496 e. The topological polar surface area (TPSA) is 56.1 Å². The molecule has 1 amide bonds. The van der Waals surface area contributed by atoms with Crippen LogP contribution in [-0.2, 0) is 11.2 Å². The fourth-order valence-corrected chi connectivity index (χ4v) is 2.85. The van der Waals surface area contributed by atoms with Crippen LogP contribution in [0.4, 0.5) is 5.69 Å². The van der Waals surface area contributed by atoms with E-state index in [1.54, 1.807) is 7.11 Å². The van der Waals surface area contributed by atoms with Crippen molar-refractivity contribution in [2.45, 2.75) is 20.3 Å². The van der Waals surface area contributed by atoms with Gasteiger partial charge in [0.1, 0.15) is 5.75 Å². The maximum absolute atomic E-state index is 12.5. The summed E-state index contributed by atoms with van der Waals surface area (Å²) >= 11 is 0. The van der Waals surface area contributed by atoms with Crippen molar-refractivity contribution in [1.82, 2.24) is 9.78 Å². The lowest BCUT2D eigenvalue weighted by Gasteiger charge is -2.13. The van der Waals surface area contributed by atoms with Gasteiger partial charge in [0.25, 0.3) is 0 Å². The van der Waals surface area contributed by atoms with Crippen molar-refractivity contribution in [3.63, 3.8) is 0 Å². The molecule has 1 N–H and O–H groups in total. The zero-order valence-corrected chi connectivity index (χ0v) is 14.6. The summed E-state index contributed by atoms with van der Waals surface area (Å²) in [6.45, 7) is 3.94. The molecule has 0 saturated heterocycles. The Morgan fingerprint density at radius 2 is 1.84 bits per heavy atom. The first-order chi connectivity index (χ1) is 12.1. The normalized spacial score (nSPS) is 10.5. The molecule has 0 bridgehead atoms. The highest BCUT2D eigenvalue weighted by molar-refractivity contribution is 5.94. The molecule has 0 spiro atoms. The number of aryl methyl sites for hydroxylation is 2. The third-order valence-corrected chi connectivity index (χ3v) is 3.96. The maximum Gasteiger partial charge on any atom is 0.228 e. The molecule has 3 aromatic rings. The quantitative estimate of drug-likeness (QED) is 0.774. The van der Waals surface area contributed by atoms with Crippen LogP contribution < -0.4 is 10.1 Å². The standard InChI is InChI=1S/C20H21N3O2/c1-14-12-15(2)23(22-14)18-10-6-5-9-17(18)21-20(24)13-16-8-4-7-11-19(16)25-3/h4-12H,13H2,1-3H3,(H,21,24). The number of ether oxygens (including phenoxy) is 1. The highest BCUT2D eigenvalue weighted by atomic mass is 16.5. The van der Waals surface area contributed by atoms with Gasteiger partial charge in [-0.05, 0) is 38.1 Å². The SMILES string of the molecule is COc1ccccc1CC(=O)Nc1ccccc1-n1nc(C)cc1C. The van der Waals surface area contributed by atoms with E-state index in [0.29, 0.717) is 5.75 Å². The summed E-state index contributed by atoms with van der Waals surface area (Å²) in [5.41, 5.74) is 4.39. The summed E-state index contributed by atoms with van der Waals surface area (Å²) in [4.78, 5) is 12.5. The number of nitrogens with zero attached hydrogens (tertiary/aromatic N) is 2. The van der Waals surface area contributed by atoms with Gasteiger partial charge in [-0.15, -0.1) is 0 Å². The van der Waals surface area contributed by atoms with Crippen LogP contribution in [0.3, 0.4) is 0 Å². The monoisotopic (exact) mass is 335 g/mol. The van der Waals surface area contributed by atoms with Gasteiger partial charge in [0.2, 0.25) is 5.91 Å².